The van der Waals surface area contributed by atoms with E-state index in [2.05, 4.69) is 5.32 Å². The van der Waals surface area contributed by atoms with Crippen molar-refractivity contribution >= 4 is 5.91 Å². The Labute approximate surface area is 88.8 Å². The second-order valence-electron chi connectivity index (χ2n) is 4.06. The van der Waals surface area contributed by atoms with Crippen LogP contribution in [0.1, 0.15) is 19.3 Å². The minimum atomic E-state index is -2.44. The summed E-state index contributed by atoms with van der Waals surface area (Å²) < 4.78 is 24.0. The Balaban J connectivity index is 2.27. The molecule has 15 heavy (non-hydrogen) atoms. The maximum absolute atomic E-state index is 12.0. The van der Waals surface area contributed by atoms with Crippen molar-refractivity contribution in [2.75, 3.05) is 26.7 Å². The second kappa shape index (κ2) is 6.00. The van der Waals surface area contributed by atoms with Crippen LogP contribution in [0.5, 0.6) is 0 Å². The third kappa shape index (κ3) is 4.55. The van der Waals surface area contributed by atoms with Crippen LogP contribution >= 0.6 is 0 Å². The van der Waals surface area contributed by atoms with Gasteiger partial charge >= 0.3 is 0 Å². The average Bonchev–Trinajstić information content (AvgIpc) is 2.18. The Morgan fingerprint density at radius 3 is 2.60 bits per heavy atom. The van der Waals surface area contributed by atoms with Gasteiger partial charge in [0.25, 0.3) is 6.43 Å². The molecule has 0 bridgehead atoms. The van der Waals surface area contributed by atoms with Crippen molar-refractivity contribution in [3.05, 3.63) is 0 Å². The van der Waals surface area contributed by atoms with Crippen LogP contribution in [-0.2, 0) is 4.79 Å². The van der Waals surface area contributed by atoms with Crippen LogP contribution in [-0.4, -0.2) is 43.9 Å². The van der Waals surface area contributed by atoms with Crippen LogP contribution < -0.4 is 5.32 Å². The molecule has 1 amide bonds. The summed E-state index contributed by atoms with van der Waals surface area (Å²) in [6.07, 6.45) is -0.0973. The third-order valence-corrected chi connectivity index (χ3v) is 2.76. The first kappa shape index (κ1) is 12.4. The quantitative estimate of drug-likeness (QED) is 0.769. The summed E-state index contributed by atoms with van der Waals surface area (Å²) in [5.74, 6) is 0.195. The first-order valence-corrected chi connectivity index (χ1v) is 5.32. The molecule has 1 saturated heterocycles. The monoisotopic (exact) mass is 220 g/mol. The highest BCUT2D eigenvalue weighted by Gasteiger charge is 2.20. The van der Waals surface area contributed by atoms with Gasteiger partial charge in [-0.2, -0.15) is 0 Å². The van der Waals surface area contributed by atoms with E-state index in [9.17, 15) is 13.6 Å². The van der Waals surface area contributed by atoms with Gasteiger partial charge in [0.15, 0.2) is 0 Å². The number of piperidine rings is 1. The molecule has 1 rings (SSSR count). The lowest BCUT2D eigenvalue weighted by atomic mass is 9.94. The number of carbonyl (C=O) groups excluding carboxylic acids is 1. The van der Waals surface area contributed by atoms with Gasteiger partial charge < -0.3 is 10.2 Å². The molecular weight excluding hydrogens is 202 g/mol. The Kier molecular flexibility index (Phi) is 4.94. The zero-order valence-electron chi connectivity index (χ0n) is 9.01. The first-order chi connectivity index (χ1) is 7.09. The smallest absolute Gasteiger partial charge is 0.255 e. The number of hydrogen-bond acceptors (Lipinski definition) is 2. The topological polar surface area (TPSA) is 32.3 Å². The van der Waals surface area contributed by atoms with E-state index in [0.717, 1.165) is 30.8 Å². The summed E-state index contributed by atoms with van der Waals surface area (Å²) in [5, 5.41) is 3.20. The molecule has 1 N–H and O–H groups in total. The van der Waals surface area contributed by atoms with E-state index in [1.807, 2.05) is 0 Å². The minimum absolute atomic E-state index is 0.165. The van der Waals surface area contributed by atoms with Crippen molar-refractivity contribution in [2.45, 2.75) is 25.7 Å². The summed E-state index contributed by atoms with van der Waals surface area (Å²) in [5.41, 5.74) is 0. The Morgan fingerprint density at radius 1 is 1.47 bits per heavy atom. The summed E-state index contributed by atoms with van der Waals surface area (Å²) in [6, 6.07) is 0. The molecule has 0 radical (unpaired) electrons. The number of nitrogens with zero attached hydrogens (tertiary/aromatic N) is 1. The molecule has 3 nitrogen and oxygen atoms in total. The predicted molar refractivity (Wildman–Crippen MR) is 53.9 cm³/mol. The molecule has 0 saturated carbocycles. The van der Waals surface area contributed by atoms with Crippen LogP contribution in [0.25, 0.3) is 0 Å². The minimum Gasteiger partial charge on any atom is -0.340 e. The molecule has 0 aliphatic carbocycles. The lowest BCUT2D eigenvalue weighted by Gasteiger charge is -2.24. The number of hydrogen-bond donors (Lipinski definition) is 1. The number of carbonyl (C=O) groups is 1. The molecule has 1 aliphatic rings. The Morgan fingerprint density at radius 2 is 2.07 bits per heavy atom. The van der Waals surface area contributed by atoms with Crippen LogP contribution in [0.3, 0.4) is 0 Å². The molecule has 0 spiro atoms. The summed E-state index contributed by atoms with van der Waals surface area (Å²) in [7, 11) is 1.44. The van der Waals surface area contributed by atoms with E-state index in [0.29, 0.717) is 12.3 Å². The highest BCUT2D eigenvalue weighted by atomic mass is 19.3. The van der Waals surface area contributed by atoms with E-state index in [4.69, 9.17) is 0 Å². The normalized spacial score (nSPS) is 18.1. The number of amides is 1. The summed E-state index contributed by atoms with van der Waals surface area (Å²) in [6.45, 7) is 1.40. The van der Waals surface area contributed by atoms with Gasteiger partial charge in [-0.1, -0.05) is 0 Å². The van der Waals surface area contributed by atoms with Gasteiger partial charge in [-0.05, 0) is 31.8 Å². The van der Waals surface area contributed by atoms with Gasteiger partial charge in [-0.15, -0.1) is 0 Å². The maximum Gasteiger partial charge on any atom is 0.255 e. The molecule has 0 aromatic carbocycles. The fourth-order valence-corrected chi connectivity index (χ4v) is 1.80. The maximum atomic E-state index is 12.0. The van der Waals surface area contributed by atoms with E-state index in [1.165, 1.54) is 7.05 Å². The zero-order chi connectivity index (χ0) is 11.3. The van der Waals surface area contributed by atoms with Crippen LogP contribution in [0.2, 0.25) is 0 Å². The van der Waals surface area contributed by atoms with Gasteiger partial charge in [-0.3, -0.25) is 4.79 Å². The fourth-order valence-electron chi connectivity index (χ4n) is 1.80. The van der Waals surface area contributed by atoms with E-state index < -0.39 is 13.0 Å². The standard InChI is InChI=1S/C10H18F2N2O/c1-14(7-9(11)12)10(15)6-8-2-4-13-5-3-8/h8-9,13H,2-7H2,1H3. The van der Waals surface area contributed by atoms with Crippen molar-refractivity contribution in [2.24, 2.45) is 5.92 Å². The molecule has 1 fully saturated rings. The van der Waals surface area contributed by atoms with Crippen molar-refractivity contribution in [1.29, 1.82) is 0 Å². The van der Waals surface area contributed by atoms with Crippen molar-refractivity contribution in [1.82, 2.24) is 10.2 Å². The lowest BCUT2D eigenvalue weighted by molar-refractivity contribution is -0.132. The third-order valence-electron chi connectivity index (χ3n) is 2.76. The second-order valence-corrected chi connectivity index (χ2v) is 4.06. The summed E-state index contributed by atoms with van der Waals surface area (Å²) in [4.78, 5) is 12.7. The number of rotatable bonds is 4. The SMILES string of the molecule is CN(CC(F)F)C(=O)CC1CCNCC1. The van der Waals surface area contributed by atoms with Gasteiger partial charge in [0, 0.05) is 13.5 Å². The number of alkyl halides is 2. The highest BCUT2D eigenvalue weighted by Crippen LogP contribution is 2.16. The Bertz CT molecular complexity index is 206. The molecule has 1 heterocycles. The molecular formula is C10H18F2N2O. The average molecular weight is 220 g/mol. The fraction of sp³-hybridized carbons (Fsp3) is 0.900. The first-order valence-electron chi connectivity index (χ1n) is 5.32. The molecule has 88 valence electrons. The van der Waals surface area contributed by atoms with Gasteiger partial charge in [0.2, 0.25) is 5.91 Å². The number of nitrogens with one attached hydrogen (secondary N) is 1. The predicted octanol–water partition coefficient (Wildman–Crippen LogP) is 1.10. The largest absolute Gasteiger partial charge is 0.340 e. The van der Waals surface area contributed by atoms with E-state index in [-0.39, 0.29) is 5.91 Å². The van der Waals surface area contributed by atoms with E-state index >= 15 is 0 Å². The molecule has 0 unspecified atom stereocenters. The van der Waals surface area contributed by atoms with Crippen LogP contribution in [0.4, 0.5) is 8.78 Å². The van der Waals surface area contributed by atoms with Crippen molar-refractivity contribution < 1.29 is 13.6 Å². The molecule has 0 aromatic rings. The summed E-state index contributed by atoms with van der Waals surface area (Å²) >= 11 is 0. The van der Waals surface area contributed by atoms with Gasteiger partial charge in [0.1, 0.15) is 0 Å². The van der Waals surface area contributed by atoms with Crippen LogP contribution in [0.15, 0.2) is 0 Å². The van der Waals surface area contributed by atoms with Crippen molar-refractivity contribution in [3.63, 3.8) is 0 Å². The van der Waals surface area contributed by atoms with Gasteiger partial charge in [-0.25, -0.2) is 8.78 Å². The molecule has 5 heteroatoms. The highest BCUT2D eigenvalue weighted by molar-refractivity contribution is 5.76. The van der Waals surface area contributed by atoms with Crippen LogP contribution in [0, 0.1) is 5.92 Å². The van der Waals surface area contributed by atoms with Crippen molar-refractivity contribution in [3.8, 4) is 0 Å². The van der Waals surface area contributed by atoms with E-state index in [1.54, 1.807) is 0 Å². The number of halogens is 2. The molecule has 1 aliphatic heterocycles. The van der Waals surface area contributed by atoms with Gasteiger partial charge in [0.05, 0.1) is 6.54 Å². The Hall–Kier alpha value is -0.710. The molecule has 0 atom stereocenters. The zero-order valence-corrected chi connectivity index (χ0v) is 9.01. The lowest BCUT2D eigenvalue weighted by Crippen LogP contribution is -2.35. The molecule has 0 aromatic heterocycles.